The molecule has 0 fully saturated rings. The third-order valence-electron chi connectivity index (χ3n) is 7.96. The smallest absolute Gasteiger partial charge is 0.251 e. The largest absolute Gasteiger partial charge is 0.493 e. The topological polar surface area (TPSA) is 115 Å². The lowest BCUT2D eigenvalue weighted by atomic mass is 10.0. The van der Waals surface area contributed by atoms with Gasteiger partial charge in [-0.2, -0.15) is 0 Å². The number of thiazole rings is 1. The third kappa shape index (κ3) is 7.50. The number of carbonyl (C=O) groups is 2. The molecule has 1 N–H and O–H groups in total. The second-order valence-electron chi connectivity index (χ2n) is 11.3. The molecule has 6 rings (SSSR count). The summed E-state index contributed by atoms with van der Waals surface area (Å²) < 4.78 is 12.6. The van der Waals surface area contributed by atoms with Crippen LogP contribution < -0.4 is 19.7 Å². The van der Waals surface area contributed by atoms with Crippen molar-refractivity contribution in [2.24, 2.45) is 0 Å². The average Bonchev–Trinajstić information content (AvgIpc) is 3.75. The van der Waals surface area contributed by atoms with Gasteiger partial charge in [-0.1, -0.05) is 47.1 Å². The number of para-hydroxylation sites is 1. The van der Waals surface area contributed by atoms with Crippen LogP contribution >= 0.6 is 22.9 Å². The molecule has 2 amide bonds. The molecule has 0 saturated carbocycles. The SMILES string of the molecule is COc1ccc(C(C(=O)Nc2ccc(N(C)C)cc2)N(Cc2nc(-c3ccc(Cl)cc3)cs2)C(=O)Cn2nnc3ccccc32)cc1OC. The first-order valence-electron chi connectivity index (χ1n) is 15.3. The summed E-state index contributed by atoms with van der Waals surface area (Å²) >= 11 is 7.51. The van der Waals surface area contributed by atoms with Crippen LogP contribution in [0.1, 0.15) is 16.6 Å². The Hall–Kier alpha value is -5.46. The number of methoxy groups -OCH3 is 2. The van der Waals surface area contributed by atoms with E-state index in [9.17, 15) is 9.59 Å². The van der Waals surface area contributed by atoms with E-state index < -0.39 is 11.9 Å². The zero-order chi connectivity index (χ0) is 34.5. The molecule has 0 aliphatic heterocycles. The molecule has 2 aromatic heterocycles. The molecule has 49 heavy (non-hydrogen) atoms. The van der Waals surface area contributed by atoms with Crippen LogP contribution in [-0.4, -0.2) is 65.0 Å². The lowest BCUT2D eigenvalue weighted by molar-refractivity contribution is -0.140. The maximum atomic E-state index is 14.5. The summed E-state index contributed by atoms with van der Waals surface area (Å²) in [5.41, 5.74) is 5.05. The fourth-order valence-electron chi connectivity index (χ4n) is 5.41. The highest BCUT2D eigenvalue weighted by Crippen LogP contribution is 2.35. The van der Waals surface area contributed by atoms with Crippen LogP contribution in [-0.2, 0) is 22.7 Å². The summed E-state index contributed by atoms with van der Waals surface area (Å²) in [6.45, 7) is -0.125. The molecule has 11 nitrogen and oxygen atoms in total. The minimum atomic E-state index is -1.10. The number of aromatic nitrogens is 4. The number of hydrogen-bond acceptors (Lipinski definition) is 9. The second-order valence-corrected chi connectivity index (χ2v) is 12.7. The van der Waals surface area contributed by atoms with E-state index in [2.05, 4.69) is 15.6 Å². The molecule has 0 aliphatic carbocycles. The van der Waals surface area contributed by atoms with Gasteiger partial charge in [0.05, 0.1) is 32.0 Å². The number of benzene rings is 4. The first-order valence-corrected chi connectivity index (χ1v) is 16.6. The summed E-state index contributed by atoms with van der Waals surface area (Å²) in [5, 5.41) is 14.7. The summed E-state index contributed by atoms with van der Waals surface area (Å²) in [6.07, 6.45) is 0. The molecule has 0 radical (unpaired) electrons. The number of rotatable bonds is 12. The molecule has 1 unspecified atom stereocenters. The van der Waals surface area contributed by atoms with Gasteiger partial charge in [-0.25, -0.2) is 9.67 Å². The van der Waals surface area contributed by atoms with E-state index in [1.54, 1.807) is 30.3 Å². The summed E-state index contributed by atoms with van der Waals surface area (Å²) in [6, 6.07) is 26.3. The molecule has 2 heterocycles. The quantitative estimate of drug-likeness (QED) is 0.151. The number of nitrogens with one attached hydrogen (secondary N) is 1. The zero-order valence-corrected chi connectivity index (χ0v) is 28.9. The van der Waals surface area contributed by atoms with Crippen molar-refractivity contribution in [2.45, 2.75) is 19.1 Å². The van der Waals surface area contributed by atoms with E-state index in [1.807, 2.05) is 85.0 Å². The van der Waals surface area contributed by atoms with Crippen LogP contribution in [0.15, 0.2) is 96.4 Å². The van der Waals surface area contributed by atoms with E-state index in [-0.39, 0.29) is 19.0 Å². The minimum Gasteiger partial charge on any atom is -0.493 e. The van der Waals surface area contributed by atoms with Gasteiger partial charge in [-0.15, -0.1) is 16.4 Å². The number of ether oxygens (including phenoxy) is 2. The Morgan fingerprint density at radius 1 is 0.939 bits per heavy atom. The van der Waals surface area contributed by atoms with Crippen LogP contribution in [0.25, 0.3) is 22.3 Å². The van der Waals surface area contributed by atoms with Gasteiger partial charge in [-0.3, -0.25) is 9.59 Å². The highest BCUT2D eigenvalue weighted by atomic mass is 35.5. The van der Waals surface area contributed by atoms with Crippen molar-refractivity contribution in [2.75, 3.05) is 38.5 Å². The first-order chi connectivity index (χ1) is 23.7. The van der Waals surface area contributed by atoms with Crippen molar-refractivity contribution in [1.82, 2.24) is 24.9 Å². The number of nitrogens with zero attached hydrogens (tertiary/aromatic N) is 6. The lowest BCUT2D eigenvalue weighted by Crippen LogP contribution is -2.42. The van der Waals surface area contributed by atoms with E-state index >= 15 is 0 Å². The van der Waals surface area contributed by atoms with Crippen molar-refractivity contribution in [3.63, 3.8) is 0 Å². The Labute approximate surface area is 292 Å². The molecule has 1 atom stereocenters. The molecule has 0 spiro atoms. The van der Waals surface area contributed by atoms with Gasteiger partial charge in [-0.05, 0) is 66.2 Å². The van der Waals surface area contributed by atoms with Crippen molar-refractivity contribution in [1.29, 1.82) is 0 Å². The predicted molar refractivity (Wildman–Crippen MR) is 192 cm³/mol. The standard InChI is InChI=1S/C36H34ClN7O4S/c1-42(2)27-16-14-26(15-17-27)38-36(46)35(24-11-18-31(47-3)32(19-24)48-4)43(34(45)21-44-30-8-6-5-7-28(30)40-41-44)20-33-39-29(22-49-33)23-9-12-25(37)13-10-23/h5-19,22,35H,20-21H2,1-4H3,(H,38,46). The monoisotopic (exact) mass is 695 g/mol. The van der Waals surface area contributed by atoms with Gasteiger partial charge < -0.3 is 24.6 Å². The number of carbonyl (C=O) groups excluding carboxylic acids is 2. The number of fused-ring (bicyclic) bond motifs is 1. The fourth-order valence-corrected chi connectivity index (χ4v) is 6.34. The predicted octanol–water partition coefficient (Wildman–Crippen LogP) is 6.70. The van der Waals surface area contributed by atoms with Gasteiger partial charge in [0.1, 0.15) is 23.1 Å². The molecule has 13 heteroatoms. The van der Waals surface area contributed by atoms with Crippen molar-refractivity contribution >= 4 is 57.2 Å². The van der Waals surface area contributed by atoms with Crippen molar-refractivity contribution < 1.29 is 19.1 Å². The van der Waals surface area contributed by atoms with Gasteiger partial charge in [0.15, 0.2) is 11.5 Å². The molecular weight excluding hydrogens is 662 g/mol. The van der Waals surface area contributed by atoms with Gasteiger partial charge in [0, 0.05) is 41.4 Å². The molecule has 0 bridgehead atoms. The highest BCUT2D eigenvalue weighted by Gasteiger charge is 2.34. The number of hydrogen-bond donors (Lipinski definition) is 1. The molecule has 0 aliphatic rings. The molecular formula is C36H34ClN7O4S. The second kappa shape index (κ2) is 14.8. The maximum Gasteiger partial charge on any atom is 0.251 e. The van der Waals surface area contributed by atoms with Crippen LogP contribution in [0.3, 0.4) is 0 Å². The van der Waals surface area contributed by atoms with E-state index in [4.69, 9.17) is 26.1 Å². The van der Waals surface area contributed by atoms with Crippen LogP contribution in [0.5, 0.6) is 11.5 Å². The van der Waals surface area contributed by atoms with Crippen LogP contribution in [0.4, 0.5) is 11.4 Å². The fraction of sp³-hybridized carbons (Fsp3) is 0.194. The first kappa shape index (κ1) is 33.4. The number of amides is 2. The Bertz CT molecular complexity index is 2080. The van der Waals surface area contributed by atoms with Crippen molar-refractivity contribution in [3.8, 4) is 22.8 Å². The number of anilines is 2. The van der Waals surface area contributed by atoms with Crippen molar-refractivity contribution in [3.05, 3.63) is 112 Å². The van der Waals surface area contributed by atoms with E-state index in [0.29, 0.717) is 43.8 Å². The Morgan fingerprint density at radius 3 is 2.39 bits per heavy atom. The van der Waals surface area contributed by atoms with Gasteiger partial charge >= 0.3 is 0 Å². The molecule has 0 saturated heterocycles. The highest BCUT2D eigenvalue weighted by molar-refractivity contribution is 7.09. The molecule has 4 aromatic carbocycles. The molecule has 250 valence electrons. The van der Waals surface area contributed by atoms with E-state index in [0.717, 1.165) is 16.9 Å². The third-order valence-corrected chi connectivity index (χ3v) is 9.04. The summed E-state index contributed by atoms with van der Waals surface area (Å²) in [5.74, 6) is 0.124. The Kier molecular flexibility index (Phi) is 10.1. The number of halogens is 1. The molecule has 6 aromatic rings. The maximum absolute atomic E-state index is 14.5. The average molecular weight is 696 g/mol. The van der Waals surface area contributed by atoms with Gasteiger partial charge in [0.25, 0.3) is 5.91 Å². The van der Waals surface area contributed by atoms with Crippen LogP contribution in [0.2, 0.25) is 5.02 Å². The van der Waals surface area contributed by atoms with Gasteiger partial charge in [0.2, 0.25) is 5.91 Å². The Balaban J connectivity index is 1.42. The zero-order valence-electron chi connectivity index (χ0n) is 27.3. The summed E-state index contributed by atoms with van der Waals surface area (Å²) in [4.78, 5) is 37.3. The minimum absolute atomic E-state index is 0.0374. The Morgan fingerprint density at radius 2 is 1.67 bits per heavy atom. The lowest BCUT2D eigenvalue weighted by Gasteiger charge is -2.31. The van der Waals surface area contributed by atoms with E-state index in [1.165, 1.54) is 35.1 Å². The normalized spacial score (nSPS) is 11.6. The van der Waals surface area contributed by atoms with Crippen LogP contribution in [0, 0.1) is 0 Å². The summed E-state index contributed by atoms with van der Waals surface area (Å²) in [7, 11) is 6.95.